The molecule has 8 heteroatoms. The molecule has 3 heterocycles. The minimum Gasteiger partial charge on any atom is -0.371 e. The van der Waals surface area contributed by atoms with Gasteiger partial charge in [-0.3, -0.25) is 9.67 Å². The van der Waals surface area contributed by atoms with Crippen LogP contribution in [0.1, 0.15) is 31.4 Å². The van der Waals surface area contributed by atoms with E-state index in [1.54, 1.807) is 0 Å². The van der Waals surface area contributed by atoms with Gasteiger partial charge in [0.25, 0.3) is 0 Å². The van der Waals surface area contributed by atoms with Crippen molar-refractivity contribution >= 4 is 16.9 Å². The van der Waals surface area contributed by atoms with Crippen LogP contribution < -0.4 is 5.32 Å². The number of nitrogens with zero attached hydrogens (tertiary/aromatic N) is 4. The number of hydrogen-bond acceptors (Lipinski definition) is 5. The van der Waals surface area contributed by atoms with E-state index in [9.17, 15) is 8.78 Å². The van der Waals surface area contributed by atoms with E-state index in [2.05, 4.69) is 20.4 Å². The highest BCUT2D eigenvalue weighted by Gasteiger charge is 2.29. The first-order valence-corrected chi connectivity index (χ1v) is 8.66. The highest BCUT2D eigenvalue weighted by molar-refractivity contribution is 5.75. The normalized spacial score (nSPS) is 20.4. The lowest BCUT2D eigenvalue weighted by molar-refractivity contribution is 0.00551. The van der Waals surface area contributed by atoms with Crippen LogP contribution in [0.25, 0.3) is 11.0 Å². The summed E-state index contributed by atoms with van der Waals surface area (Å²) in [5.41, 5.74) is 1.63. The predicted molar refractivity (Wildman–Crippen MR) is 92.7 cm³/mol. The van der Waals surface area contributed by atoms with Gasteiger partial charge >= 0.3 is 0 Å². The molecular weight excluding hydrogens is 340 g/mol. The van der Waals surface area contributed by atoms with E-state index in [0.29, 0.717) is 23.5 Å². The number of benzene rings is 1. The van der Waals surface area contributed by atoms with E-state index in [1.807, 2.05) is 24.0 Å². The lowest BCUT2D eigenvalue weighted by Crippen LogP contribution is -2.34. The van der Waals surface area contributed by atoms with Gasteiger partial charge in [0.1, 0.15) is 11.9 Å². The zero-order valence-electron chi connectivity index (χ0n) is 14.3. The second kappa shape index (κ2) is 6.95. The molecule has 0 unspecified atom stereocenters. The number of rotatable bonds is 4. The Morgan fingerprint density at radius 1 is 1.23 bits per heavy atom. The summed E-state index contributed by atoms with van der Waals surface area (Å²) in [5, 5.41) is 7.65. The highest BCUT2D eigenvalue weighted by Crippen LogP contribution is 2.30. The number of ether oxygens (including phenoxy) is 1. The SMILES string of the molecule is CCn1cc([C@H]2OCCC[C@@H]2Nc2cnc3cc(F)c(F)cc3n2)cn1. The molecule has 1 saturated heterocycles. The van der Waals surface area contributed by atoms with Gasteiger partial charge in [0.05, 0.1) is 29.5 Å². The van der Waals surface area contributed by atoms with Gasteiger partial charge in [0, 0.05) is 37.0 Å². The van der Waals surface area contributed by atoms with Crippen molar-refractivity contribution in [1.29, 1.82) is 0 Å². The molecule has 136 valence electrons. The molecule has 0 radical (unpaired) electrons. The smallest absolute Gasteiger partial charge is 0.161 e. The molecule has 1 aromatic carbocycles. The summed E-state index contributed by atoms with van der Waals surface area (Å²) in [6, 6.07) is 2.10. The van der Waals surface area contributed by atoms with Crippen LogP contribution in [0.5, 0.6) is 0 Å². The number of aryl methyl sites for hydroxylation is 1. The molecule has 0 amide bonds. The third kappa shape index (κ3) is 3.24. The molecule has 1 aliphatic heterocycles. The summed E-state index contributed by atoms with van der Waals surface area (Å²) in [6.45, 7) is 3.51. The van der Waals surface area contributed by atoms with Gasteiger partial charge in [0.15, 0.2) is 11.6 Å². The monoisotopic (exact) mass is 359 g/mol. The Labute approximate surface area is 149 Å². The third-order valence-corrected chi connectivity index (χ3v) is 4.55. The van der Waals surface area contributed by atoms with Crippen molar-refractivity contribution in [2.45, 2.75) is 38.5 Å². The zero-order chi connectivity index (χ0) is 18.1. The van der Waals surface area contributed by atoms with Crippen molar-refractivity contribution in [1.82, 2.24) is 19.7 Å². The Balaban J connectivity index is 1.59. The maximum atomic E-state index is 13.5. The number of anilines is 1. The quantitative estimate of drug-likeness (QED) is 0.773. The van der Waals surface area contributed by atoms with Gasteiger partial charge in [-0.2, -0.15) is 5.10 Å². The van der Waals surface area contributed by atoms with Gasteiger partial charge in [-0.15, -0.1) is 0 Å². The first kappa shape index (κ1) is 16.8. The molecule has 3 aromatic rings. The van der Waals surface area contributed by atoms with E-state index in [1.165, 1.54) is 6.20 Å². The van der Waals surface area contributed by atoms with E-state index < -0.39 is 11.6 Å². The average Bonchev–Trinajstić information content (AvgIpc) is 3.12. The summed E-state index contributed by atoms with van der Waals surface area (Å²) in [7, 11) is 0. The summed E-state index contributed by atoms with van der Waals surface area (Å²) in [4.78, 5) is 8.54. The van der Waals surface area contributed by atoms with E-state index in [-0.39, 0.29) is 12.1 Å². The van der Waals surface area contributed by atoms with Gasteiger partial charge in [-0.05, 0) is 19.8 Å². The Bertz CT molecular complexity index is 929. The van der Waals surface area contributed by atoms with Crippen molar-refractivity contribution in [3.63, 3.8) is 0 Å². The molecule has 6 nitrogen and oxygen atoms in total. The molecule has 0 bridgehead atoms. The van der Waals surface area contributed by atoms with Crippen LogP contribution in [0.3, 0.4) is 0 Å². The summed E-state index contributed by atoms with van der Waals surface area (Å²) >= 11 is 0. The maximum absolute atomic E-state index is 13.5. The van der Waals surface area contributed by atoms with E-state index in [0.717, 1.165) is 37.1 Å². The second-order valence-electron chi connectivity index (χ2n) is 6.32. The molecular formula is C18H19F2N5O. The zero-order valence-corrected chi connectivity index (χ0v) is 14.3. The molecule has 0 spiro atoms. The molecule has 0 aliphatic carbocycles. The topological polar surface area (TPSA) is 64.9 Å². The molecule has 0 saturated carbocycles. The molecule has 4 rings (SSSR count). The van der Waals surface area contributed by atoms with E-state index in [4.69, 9.17) is 4.74 Å². The minimum absolute atomic E-state index is 0.00435. The minimum atomic E-state index is -0.935. The van der Waals surface area contributed by atoms with Crippen molar-refractivity contribution in [2.24, 2.45) is 0 Å². The molecule has 1 fully saturated rings. The van der Waals surface area contributed by atoms with Crippen LogP contribution in [-0.4, -0.2) is 32.4 Å². The maximum Gasteiger partial charge on any atom is 0.161 e. The number of fused-ring (bicyclic) bond motifs is 1. The largest absolute Gasteiger partial charge is 0.371 e. The van der Waals surface area contributed by atoms with Crippen molar-refractivity contribution in [3.8, 4) is 0 Å². The molecule has 2 aromatic heterocycles. The Kier molecular flexibility index (Phi) is 4.50. The van der Waals surface area contributed by atoms with Gasteiger partial charge in [-0.25, -0.2) is 13.8 Å². The van der Waals surface area contributed by atoms with Crippen LogP contribution in [0.15, 0.2) is 30.7 Å². The lowest BCUT2D eigenvalue weighted by Gasteiger charge is -2.32. The summed E-state index contributed by atoms with van der Waals surface area (Å²) < 4.78 is 34.6. The van der Waals surface area contributed by atoms with Crippen LogP contribution >= 0.6 is 0 Å². The Morgan fingerprint density at radius 3 is 2.81 bits per heavy atom. The molecule has 1 aliphatic rings. The second-order valence-corrected chi connectivity index (χ2v) is 6.32. The fraction of sp³-hybridized carbons (Fsp3) is 0.389. The van der Waals surface area contributed by atoms with Crippen molar-refractivity contribution < 1.29 is 13.5 Å². The van der Waals surface area contributed by atoms with E-state index >= 15 is 0 Å². The van der Waals surface area contributed by atoms with Crippen molar-refractivity contribution in [2.75, 3.05) is 11.9 Å². The fourth-order valence-corrected chi connectivity index (χ4v) is 3.22. The van der Waals surface area contributed by atoms with Gasteiger partial charge < -0.3 is 10.1 Å². The number of hydrogen-bond donors (Lipinski definition) is 1. The molecule has 2 atom stereocenters. The standard InChI is InChI=1S/C18H19F2N5O/c1-2-25-10-11(8-22-25)18-14(4-3-5-26-18)23-17-9-21-15-6-12(19)13(20)7-16(15)24-17/h6-10,14,18H,2-5H2,1H3,(H,23,24)/t14-,18+/m0/s1. The van der Waals surface area contributed by atoms with Crippen LogP contribution in [-0.2, 0) is 11.3 Å². The number of aromatic nitrogens is 4. The van der Waals surface area contributed by atoms with Gasteiger partial charge in [-0.1, -0.05) is 0 Å². The number of nitrogens with one attached hydrogen (secondary N) is 1. The third-order valence-electron chi connectivity index (χ3n) is 4.55. The van der Waals surface area contributed by atoms with Crippen LogP contribution in [0.4, 0.5) is 14.6 Å². The number of halogens is 2. The summed E-state index contributed by atoms with van der Waals surface area (Å²) in [6.07, 6.45) is 7.01. The highest BCUT2D eigenvalue weighted by atomic mass is 19.2. The summed E-state index contributed by atoms with van der Waals surface area (Å²) in [5.74, 6) is -1.36. The van der Waals surface area contributed by atoms with Crippen LogP contribution in [0.2, 0.25) is 0 Å². The Morgan fingerprint density at radius 2 is 2.04 bits per heavy atom. The molecule has 26 heavy (non-hydrogen) atoms. The van der Waals surface area contributed by atoms with Crippen molar-refractivity contribution in [3.05, 3.63) is 47.9 Å². The predicted octanol–water partition coefficient (Wildman–Crippen LogP) is 3.46. The Hall–Kier alpha value is -2.61. The van der Waals surface area contributed by atoms with Crippen LogP contribution in [0, 0.1) is 11.6 Å². The average molecular weight is 359 g/mol. The first-order chi connectivity index (χ1) is 12.6. The first-order valence-electron chi connectivity index (χ1n) is 8.66. The fourth-order valence-electron chi connectivity index (χ4n) is 3.22. The van der Waals surface area contributed by atoms with Gasteiger partial charge in [0.2, 0.25) is 0 Å². The molecule has 1 N–H and O–H groups in total. The lowest BCUT2D eigenvalue weighted by atomic mass is 9.98.